The third kappa shape index (κ3) is 5.14. The number of carbonyl (C=O) groups excluding carboxylic acids is 2. The number of allylic oxidation sites excluding steroid dienone is 5. The monoisotopic (exact) mass is 421 g/mol. The van der Waals surface area contributed by atoms with Crippen LogP contribution in [0.5, 0.6) is 0 Å². The number of nitrogens with zero attached hydrogens (tertiary/aromatic N) is 3. The number of benzene rings is 1. The van der Waals surface area contributed by atoms with Crippen molar-refractivity contribution in [3.05, 3.63) is 73.1 Å². The molecule has 6 heteroatoms. The Labute approximate surface area is 184 Å². The highest BCUT2D eigenvalue weighted by atomic mass is 16.3. The van der Waals surface area contributed by atoms with E-state index in [9.17, 15) is 14.7 Å². The van der Waals surface area contributed by atoms with Crippen LogP contribution in [0.1, 0.15) is 25.3 Å². The van der Waals surface area contributed by atoms with E-state index in [4.69, 9.17) is 0 Å². The molecule has 1 unspecified atom stereocenters. The van der Waals surface area contributed by atoms with Crippen molar-refractivity contribution in [3.8, 4) is 0 Å². The second-order valence-corrected chi connectivity index (χ2v) is 7.80. The van der Waals surface area contributed by atoms with Gasteiger partial charge in [0.2, 0.25) is 5.91 Å². The summed E-state index contributed by atoms with van der Waals surface area (Å²) in [7, 11) is 0. The quantitative estimate of drug-likeness (QED) is 0.416. The second kappa shape index (κ2) is 10.3. The smallest absolute Gasteiger partial charge is 0.288 e. The normalized spacial score (nSPS) is 20.8. The Morgan fingerprint density at radius 1 is 1.16 bits per heavy atom. The van der Waals surface area contributed by atoms with Crippen molar-refractivity contribution in [2.45, 2.75) is 25.8 Å². The summed E-state index contributed by atoms with van der Waals surface area (Å²) in [5, 5.41) is 9.77. The average molecular weight is 422 g/mol. The summed E-state index contributed by atoms with van der Waals surface area (Å²) in [4.78, 5) is 30.7. The molecule has 31 heavy (non-hydrogen) atoms. The largest absolute Gasteiger partial charge is 0.503 e. The van der Waals surface area contributed by atoms with Crippen LogP contribution in [-0.2, 0) is 9.59 Å². The predicted octanol–water partition coefficient (Wildman–Crippen LogP) is 3.54. The Morgan fingerprint density at radius 2 is 1.84 bits per heavy atom. The zero-order valence-corrected chi connectivity index (χ0v) is 18.2. The minimum Gasteiger partial charge on any atom is -0.503 e. The van der Waals surface area contributed by atoms with Crippen molar-refractivity contribution in [3.63, 3.8) is 0 Å². The number of carbonyl (C=O) groups is 2. The summed E-state index contributed by atoms with van der Waals surface area (Å²) in [6, 6.07) is 8.19. The van der Waals surface area contributed by atoms with E-state index in [2.05, 4.69) is 31.1 Å². The van der Waals surface area contributed by atoms with Gasteiger partial charge in [-0.3, -0.25) is 14.5 Å². The number of piperazine rings is 1. The number of anilines is 1. The molecule has 0 aliphatic carbocycles. The maximum Gasteiger partial charge on any atom is 0.288 e. The Balaban J connectivity index is 1.60. The van der Waals surface area contributed by atoms with E-state index in [-0.39, 0.29) is 23.6 Å². The molecule has 3 rings (SSSR count). The summed E-state index contributed by atoms with van der Waals surface area (Å²) in [6.45, 7) is 12.5. The van der Waals surface area contributed by atoms with E-state index in [0.717, 1.165) is 23.2 Å². The highest BCUT2D eigenvalue weighted by Crippen LogP contribution is 2.27. The lowest BCUT2D eigenvalue weighted by molar-refractivity contribution is -0.132. The van der Waals surface area contributed by atoms with Crippen molar-refractivity contribution >= 4 is 23.1 Å². The number of hydrogen-bond acceptors (Lipinski definition) is 4. The van der Waals surface area contributed by atoms with Crippen molar-refractivity contribution in [2.75, 3.05) is 37.6 Å². The molecule has 1 N–H and O–H groups in total. The lowest BCUT2D eigenvalue weighted by atomic mass is 10.0. The van der Waals surface area contributed by atoms with Crippen molar-refractivity contribution in [2.24, 2.45) is 0 Å². The van der Waals surface area contributed by atoms with E-state index < -0.39 is 0 Å². The molecule has 6 nitrogen and oxygen atoms in total. The van der Waals surface area contributed by atoms with Crippen LogP contribution in [-0.4, -0.2) is 65.5 Å². The van der Waals surface area contributed by atoms with Crippen LogP contribution >= 0.6 is 0 Å². The molecule has 164 valence electrons. The lowest BCUT2D eigenvalue weighted by Crippen LogP contribution is -2.52. The van der Waals surface area contributed by atoms with Crippen molar-refractivity contribution < 1.29 is 14.7 Å². The molecule has 2 amide bonds. The SMILES string of the molecule is C=C/C=C(\O)C(=O)N1CCN(C2CC(=O)N(c3ccc(/C(C=C)=C/CC)cc3)C2)CC1. The first-order valence-corrected chi connectivity index (χ1v) is 10.8. The van der Waals surface area contributed by atoms with E-state index in [1.165, 1.54) is 12.2 Å². The van der Waals surface area contributed by atoms with Crippen LogP contribution in [0.15, 0.2) is 67.5 Å². The summed E-state index contributed by atoms with van der Waals surface area (Å²) < 4.78 is 0. The van der Waals surface area contributed by atoms with Crippen molar-refractivity contribution in [1.82, 2.24) is 9.80 Å². The number of amides is 2. The average Bonchev–Trinajstić information content (AvgIpc) is 3.19. The second-order valence-electron chi connectivity index (χ2n) is 7.80. The zero-order chi connectivity index (χ0) is 22.4. The highest BCUT2D eigenvalue weighted by Gasteiger charge is 2.36. The molecule has 2 fully saturated rings. The third-order valence-corrected chi connectivity index (χ3v) is 5.87. The van der Waals surface area contributed by atoms with Gasteiger partial charge in [0.25, 0.3) is 5.91 Å². The Bertz CT molecular complexity index is 893. The number of rotatable bonds is 7. The molecule has 0 bridgehead atoms. The van der Waals surface area contributed by atoms with Gasteiger partial charge in [-0.25, -0.2) is 0 Å². The molecule has 2 aliphatic heterocycles. The lowest BCUT2D eigenvalue weighted by Gasteiger charge is -2.37. The number of hydrogen-bond donors (Lipinski definition) is 1. The number of aliphatic hydroxyl groups excluding tert-OH is 1. The first kappa shape index (κ1) is 22.6. The standard InChI is InChI=1S/C25H31N3O3/c1-4-7-19(6-3)20-9-11-21(12-10-20)28-18-22(17-24(28)30)26-13-15-27(16-14-26)25(31)23(29)8-5-2/h5-12,22,29H,2-4,13-18H2,1H3/b19-7+,23-8-. The molecule has 2 saturated heterocycles. The van der Waals surface area contributed by atoms with Gasteiger partial charge in [0.1, 0.15) is 0 Å². The van der Waals surface area contributed by atoms with Gasteiger partial charge in [0.15, 0.2) is 5.76 Å². The molecule has 1 atom stereocenters. The van der Waals surface area contributed by atoms with Crippen LogP contribution < -0.4 is 4.90 Å². The molecule has 0 aromatic heterocycles. The third-order valence-electron chi connectivity index (χ3n) is 5.87. The molecule has 0 spiro atoms. The van der Waals surface area contributed by atoms with Crippen LogP contribution in [0.25, 0.3) is 5.57 Å². The van der Waals surface area contributed by atoms with Crippen LogP contribution in [0.2, 0.25) is 0 Å². The van der Waals surface area contributed by atoms with Gasteiger partial charge in [-0.05, 0) is 35.8 Å². The summed E-state index contributed by atoms with van der Waals surface area (Å²) in [5.74, 6) is -0.543. The predicted molar refractivity (Wildman–Crippen MR) is 125 cm³/mol. The Kier molecular flexibility index (Phi) is 7.47. The first-order chi connectivity index (χ1) is 15.0. The van der Waals surface area contributed by atoms with E-state index in [1.807, 2.05) is 35.2 Å². The highest BCUT2D eigenvalue weighted by molar-refractivity contribution is 5.96. The maximum atomic E-state index is 12.7. The maximum absolute atomic E-state index is 12.7. The molecular formula is C25H31N3O3. The summed E-state index contributed by atoms with van der Waals surface area (Å²) >= 11 is 0. The van der Waals surface area contributed by atoms with Crippen LogP contribution in [0.4, 0.5) is 5.69 Å². The molecule has 1 aromatic carbocycles. The van der Waals surface area contributed by atoms with E-state index in [0.29, 0.717) is 39.1 Å². The molecule has 1 aromatic rings. The zero-order valence-electron chi connectivity index (χ0n) is 18.2. The van der Waals surface area contributed by atoms with Gasteiger partial charge in [-0.15, -0.1) is 0 Å². The van der Waals surface area contributed by atoms with Gasteiger partial charge < -0.3 is 14.9 Å². The van der Waals surface area contributed by atoms with Crippen LogP contribution in [0.3, 0.4) is 0 Å². The molecule has 0 saturated carbocycles. The molecule has 0 radical (unpaired) electrons. The molecule has 2 heterocycles. The fraction of sp³-hybridized carbons (Fsp3) is 0.360. The topological polar surface area (TPSA) is 64.1 Å². The van der Waals surface area contributed by atoms with Gasteiger partial charge >= 0.3 is 0 Å². The van der Waals surface area contributed by atoms with Crippen molar-refractivity contribution in [1.29, 1.82) is 0 Å². The minimum atomic E-state index is -0.375. The molecule has 2 aliphatic rings. The van der Waals surface area contributed by atoms with Gasteiger partial charge in [-0.1, -0.05) is 50.4 Å². The number of aliphatic hydroxyl groups is 1. The van der Waals surface area contributed by atoms with E-state index >= 15 is 0 Å². The van der Waals surface area contributed by atoms with Crippen LogP contribution in [0, 0.1) is 0 Å². The summed E-state index contributed by atoms with van der Waals surface area (Å²) in [6.07, 6.45) is 8.11. The van der Waals surface area contributed by atoms with Gasteiger partial charge in [0, 0.05) is 50.9 Å². The fourth-order valence-electron chi connectivity index (χ4n) is 4.19. The first-order valence-electron chi connectivity index (χ1n) is 10.8. The van der Waals surface area contributed by atoms with Gasteiger partial charge in [-0.2, -0.15) is 0 Å². The Morgan fingerprint density at radius 3 is 2.42 bits per heavy atom. The fourth-order valence-corrected chi connectivity index (χ4v) is 4.19. The molecular weight excluding hydrogens is 390 g/mol. The van der Waals surface area contributed by atoms with E-state index in [1.54, 1.807) is 4.90 Å². The Hall–Kier alpha value is -3.12. The minimum absolute atomic E-state index is 0.121. The van der Waals surface area contributed by atoms with Gasteiger partial charge in [0.05, 0.1) is 0 Å². The summed E-state index contributed by atoms with van der Waals surface area (Å²) in [5.41, 5.74) is 3.10.